The first-order chi connectivity index (χ1) is 6.94. The Hall–Kier alpha value is -1.34. The van der Waals surface area contributed by atoms with Crippen molar-refractivity contribution in [2.75, 3.05) is 6.54 Å². The van der Waals surface area contributed by atoms with Gasteiger partial charge in [-0.05, 0) is 32.9 Å². The number of hydrogen-bond acceptors (Lipinski definition) is 3. The maximum atomic E-state index is 11.6. The van der Waals surface area contributed by atoms with Crippen molar-refractivity contribution in [2.24, 2.45) is 5.41 Å². The lowest BCUT2D eigenvalue weighted by atomic mass is 9.96. The minimum absolute atomic E-state index is 0.101. The number of hydrogen-bond donors (Lipinski definition) is 1. The molecule has 1 amide bonds. The molecule has 1 rings (SSSR count). The summed E-state index contributed by atoms with van der Waals surface area (Å²) in [6.45, 7) is 5.93. The van der Waals surface area contributed by atoms with Crippen molar-refractivity contribution in [1.29, 1.82) is 5.26 Å². The molecule has 3 nitrogen and oxygen atoms in total. The largest absolute Gasteiger partial charge is 0.350 e. The van der Waals surface area contributed by atoms with Crippen LogP contribution in [0.15, 0.2) is 12.1 Å². The van der Waals surface area contributed by atoms with Gasteiger partial charge in [-0.15, -0.1) is 11.3 Å². The summed E-state index contributed by atoms with van der Waals surface area (Å²) in [6.07, 6.45) is 0. The molecule has 1 aromatic rings. The smallest absolute Gasteiger partial charge is 0.261 e. The highest BCUT2D eigenvalue weighted by molar-refractivity contribution is 7.13. The van der Waals surface area contributed by atoms with Crippen LogP contribution in [0, 0.1) is 23.7 Å². The first-order valence-electron chi connectivity index (χ1n) is 4.70. The van der Waals surface area contributed by atoms with Gasteiger partial charge in [0.05, 0.1) is 16.4 Å². The predicted octanol–water partition coefficient (Wildman–Crippen LogP) is 2.34. The standard InChI is InChI=1S/C11H14N2OS/c1-8-4-5-9(15-8)10(14)13-7-11(2,3)6-12/h4-5H,7H2,1-3H3,(H,13,14). The Morgan fingerprint density at radius 3 is 2.73 bits per heavy atom. The monoisotopic (exact) mass is 222 g/mol. The first kappa shape index (κ1) is 11.7. The van der Waals surface area contributed by atoms with Gasteiger partial charge in [0.2, 0.25) is 0 Å². The van der Waals surface area contributed by atoms with Gasteiger partial charge in [-0.2, -0.15) is 5.26 Å². The SMILES string of the molecule is Cc1ccc(C(=O)NCC(C)(C)C#N)s1. The number of nitrogens with one attached hydrogen (secondary N) is 1. The van der Waals surface area contributed by atoms with E-state index in [0.29, 0.717) is 11.4 Å². The van der Waals surface area contributed by atoms with Gasteiger partial charge in [-0.1, -0.05) is 0 Å². The lowest BCUT2D eigenvalue weighted by molar-refractivity contribution is 0.0948. The van der Waals surface area contributed by atoms with Crippen molar-refractivity contribution in [3.05, 3.63) is 21.9 Å². The second-order valence-corrected chi connectivity index (χ2v) is 5.38. The second kappa shape index (κ2) is 4.45. The van der Waals surface area contributed by atoms with Crippen molar-refractivity contribution in [2.45, 2.75) is 20.8 Å². The van der Waals surface area contributed by atoms with Crippen LogP contribution in [-0.4, -0.2) is 12.5 Å². The normalized spacial score (nSPS) is 10.8. The Bertz CT molecular complexity index is 401. The van der Waals surface area contributed by atoms with E-state index in [9.17, 15) is 4.79 Å². The molecule has 80 valence electrons. The Morgan fingerprint density at radius 1 is 1.60 bits per heavy atom. The third-order valence-corrected chi connectivity index (χ3v) is 2.96. The van der Waals surface area contributed by atoms with E-state index in [-0.39, 0.29) is 5.91 Å². The van der Waals surface area contributed by atoms with Crippen molar-refractivity contribution >= 4 is 17.2 Å². The van der Waals surface area contributed by atoms with E-state index in [4.69, 9.17) is 5.26 Å². The number of aryl methyl sites for hydroxylation is 1. The number of carbonyl (C=O) groups excluding carboxylic acids is 1. The summed E-state index contributed by atoms with van der Waals surface area (Å²) < 4.78 is 0. The zero-order valence-corrected chi connectivity index (χ0v) is 9.94. The van der Waals surface area contributed by atoms with E-state index < -0.39 is 5.41 Å². The average Bonchev–Trinajstić information content (AvgIpc) is 2.61. The molecule has 15 heavy (non-hydrogen) atoms. The quantitative estimate of drug-likeness (QED) is 0.853. The summed E-state index contributed by atoms with van der Waals surface area (Å²) in [4.78, 5) is 13.4. The van der Waals surface area contributed by atoms with Gasteiger partial charge in [0, 0.05) is 11.4 Å². The molecule has 0 atom stereocenters. The van der Waals surface area contributed by atoms with Crippen LogP contribution in [0.25, 0.3) is 0 Å². The molecule has 1 N–H and O–H groups in total. The Kier molecular flexibility index (Phi) is 3.48. The Labute approximate surface area is 93.7 Å². The van der Waals surface area contributed by atoms with Gasteiger partial charge >= 0.3 is 0 Å². The lowest BCUT2D eigenvalue weighted by Gasteiger charge is -2.15. The van der Waals surface area contributed by atoms with E-state index in [1.165, 1.54) is 11.3 Å². The summed E-state index contributed by atoms with van der Waals surface area (Å²) in [6, 6.07) is 5.85. The minimum Gasteiger partial charge on any atom is -0.350 e. The zero-order chi connectivity index (χ0) is 11.5. The molecule has 4 heteroatoms. The summed E-state index contributed by atoms with van der Waals surface area (Å²) in [7, 11) is 0. The number of thiophene rings is 1. The van der Waals surface area contributed by atoms with E-state index in [2.05, 4.69) is 11.4 Å². The molecule has 0 aromatic carbocycles. The number of rotatable bonds is 3. The average molecular weight is 222 g/mol. The molecule has 0 unspecified atom stereocenters. The van der Waals surface area contributed by atoms with Gasteiger partial charge in [0.15, 0.2) is 0 Å². The molecule has 0 saturated heterocycles. The molecular weight excluding hydrogens is 208 g/mol. The Morgan fingerprint density at radius 2 is 2.27 bits per heavy atom. The molecule has 0 spiro atoms. The Balaban J connectivity index is 2.55. The van der Waals surface area contributed by atoms with Crippen LogP contribution in [-0.2, 0) is 0 Å². The topological polar surface area (TPSA) is 52.9 Å². The van der Waals surface area contributed by atoms with Crippen LogP contribution in [0.3, 0.4) is 0 Å². The van der Waals surface area contributed by atoms with Crippen LogP contribution < -0.4 is 5.32 Å². The van der Waals surface area contributed by atoms with Crippen LogP contribution in [0.5, 0.6) is 0 Å². The van der Waals surface area contributed by atoms with Gasteiger partial charge in [0.1, 0.15) is 0 Å². The highest BCUT2D eigenvalue weighted by atomic mass is 32.1. The molecule has 1 heterocycles. The molecule has 0 saturated carbocycles. The number of nitriles is 1. The molecule has 0 aliphatic heterocycles. The van der Waals surface area contributed by atoms with E-state index in [1.54, 1.807) is 19.9 Å². The van der Waals surface area contributed by atoms with Crippen molar-refractivity contribution in [3.8, 4) is 6.07 Å². The summed E-state index contributed by atoms with van der Waals surface area (Å²) in [5, 5.41) is 11.5. The van der Waals surface area contributed by atoms with Gasteiger partial charge in [0.25, 0.3) is 5.91 Å². The van der Waals surface area contributed by atoms with Gasteiger partial charge < -0.3 is 5.32 Å². The number of nitrogens with zero attached hydrogens (tertiary/aromatic N) is 1. The maximum absolute atomic E-state index is 11.6. The van der Waals surface area contributed by atoms with E-state index in [0.717, 1.165) is 4.88 Å². The second-order valence-electron chi connectivity index (χ2n) is 4.09. The van der Waals surface area contributed by atoms with Crippen molar-refractivity contribution in [1.82, 2.24) is 5.32 Å². The van der Waals surface area contributed by atoms with Crippen molar-refractivity contribution < 1.29 is 4.79 Å². The summed E-state index contributed by atoms with van der Waals surface area (Å²) in [5.41, 5.74) is -0.512. The molecule has 0 bridgehead atoms. The zero-order valence-electron chi connectivity index (χ0n) is 9.13. The van der Waals surface area contributed by atoms with Crippen LogP contribution >= 0.6 is 11.3 Å². The highest BCUT2D eigenvalue weighted by Crippen LogP contribution is 2.16. The third-order valence-electron chi connectivity index (χ3n) is 1.96. The fourth-order valence-electron chi connectivity index (χ4n) is 0.984. The maximum Gasteiger partial charge on any atom is 0.261 e. The molecular formula is C11H14N2OS. The fourth-order valence-corrected chi connectivity index (χ4v) is 1.77. The minimum atomic E-state index is -0.512. The summed E-state index contributed by atoms with van der Waals surface area (Å²) in [5.74, 6) is -0.101. The van der Waals surface area contributed by atoms with Crippen LogP contribution in [0.4, 0.5) is 0 Å². The fraction of sp³-hybridized carbons (Fsp3) is 0.455. The van der Waals surface area contributed by atoms with Gasteiger partial charge in [-0.25, -0.2) is 0 Å². The molecule has 0 fully saturated rings. The number of carbonyl (C=O) groups is 1. The highest BCUT2D eigenvalue weighted by Gasteiger charge is 2.18. The molecule has 0 aliphatic rings. The molecule has 0 aliphatic carbocycles. The third kappa shape index (κ3) is 3.37. The summed E-state index contributed by atoms with van der Waals surface area (Å²) >= 11 is 1.46. The van der Waals surface area contributed by atoms with Crippen LogP contribution in [0.1, 0.15) is 28.4 Å². The first-order valence-corrected chi connectivity index (χ1v) is 5.52. The van der Waals surface area contributed by atoms with Gasteiger partial charge in [-0.3, -0.25) is 4.79 Å². The lowest BCUT2D eigenvalue weighted by Crippen LogP contribution is -2.32. The van der Waals surface area contributed by atoms with Crippen molar-refractivity contribution in [3.63, 3.8) is 0 Å². The van der Waals surface area contributed by atoms with E-state index in [1.807, 2.05) is 13.0 Å². The molecule has 0 radical (unpaired) electrons. The van der Waals surface area contributed by atoms with Crippen LogP contribution in [0.2, 0.25) is 0 Å². The predicted molar refractivity (Wildman–Crippen MR) is 60.8 cm³/mol. The number of amides is 1. The van der Waals surface area contributed by atoms with E-state index >= 15 is 0 Å². The molecule has 1 aromatic heterocycles.